The van der Waals surface area contributed by atoms with E-state index in [-0.39, 0.29) is 17.1 Å². The molecule has 1 atom stereocenters. The van der Waals surface area contributed by atoms with Crippen molar-refractivity contribution in [3.8, 4) is 11.5 Å². The molecule has 0 aliphatic heterocycles. The molecule has 1 heterocycles. The zero-order valence-corrected chi connectivity index (χ0v) is 18.1. The van der Waals surface area contributed by atoms with Gasteiger partial charge in [-0.15, -0.1) is 0 Å². The number of carbonyl (C=O) groups is 1. The Bertz CT molecular complexity index is 1180. The van der Waals surface area contributed by atoms with Crippen LogP contribution in [0.4, 0.5) is 20.2 Å². The second kappa shape index (κ2) is 9.31. The molecular formula is C21H19ClF2N4O4. The van der Waals surface area contributed by atoms with E-state index in [4.69, 9.17) is 16.3 Å². The van der Waals surface area contributed by atoms with E-state index in [0.717, 1.165) is 5.56 Å². The number of benzene rings is 2. The highest BCUT2D eigenvalue weighted by Crippen LogP contribution is 2.32. The first kappa shape index (κ1) is 23.1. The number of nitrogens with zero attached hydrogens (tertiary/aromatic N) is 3. The van der Waals surface area contributed by atoms with Crippen LogP contribution in [0.5, 0.6) is 11.5 Å². The van der Waals surface area contributed by atoms with Crippen LogP contribution in [-0.2, 0) is 4.79 Å². The van der Waals surface area contributed by atoms with Crippen LogP contribution >= 0.6 is 11.6 Å². The molecule has 0 aliphatic rings. The molecule has 0 radical (unpaired) electrons. The van der Waals surface area contributed by atoms with Crippen LogP contribution in [0.1, 0.15) is 36.3 Å². The van der Waals surface area contributed by atoms with E-state index in [9.17, 15) is 23.7 Å². The largest absolute Gasteiger partial charge is 0.457 e. The first-order valence-corrected chi connectivity index (χ1v) is 9.81. The number of amides is 1. The van der Waals surface area contributed by atoms with Gasteiger partial charge in [0.2, 0.25) is 5.91 Å². The Kier molecular flexibility index (Phi) is 6.73. The molecule has 3 aromatic rings. The van der Waals surface area contributed by atoms with Crippen molar-refractivity contribution in [2.75, 3.05) is 5.32 Å². The number of non-ortho nitro benzene ring substituents is 1. The van der Waals surface area contributed by atoms with Crippen molar-refractivity contribution in [1.29, 1.82) is 0 Å². The molecule has 1 amide bonds. The maximum Gasteiger partial charge on any atom is 0.282 e. The van der Waals surface area contributed by atoms with E-state index >= 15 is 0 Å². The summed E-state index contributed by atoms with van der Waals surface area (Å²) in [5.74, 6) is -0.0605. The molecular weight excluding hydrogens is 446 g/mol. The Morgan fingerprint density at radius 3 is 2.50 bits per heavy atom. The van der Waals surface area contributed by atoms with E-state index in [1.54, 1.807) is 32.0 Å². The van der Waals surface area contributed by atoms with Crippen molar-refractivity contribution in [3.63, 3.8) is 0 Å². The molecule has 3 rings (SSSR count). The van der Waals surface area contributed by atoms with Gasteiger partial charge in [0.1, 0.15) is 23.2 Å². The molecule has 0 saturated carbocycles. The molecule has 0 spiro atoms. The zero-order chi connectivity index (χ0) is 23.6. The number of alkyl halides is 2. The Labute approximate surface area is 186 Å². The summed E-state index contributed by atoms with van der Waals surface area (Å²) in [6.45, 7) is 4.82. The average molecular weight is 465 g/mol. The van der Waals surface area contributed by atoms with Crippen LogP contribution in [0, 0.1) is 24.0 Å². The third-order valence-corrected chi connectivity index (χ3v) is 5.07. The molecule has 168 valence electrons. The fraction of sp³-hybridized carbons (Fsp3) is 0.238. The summed E-state index contributed by atoms with van der Waals surface area (Å²) in [6, 6.07) is 8.97. The lowest BCUT2D eigenvalue weighted by molar-refractivity contribution is -0.384. The number of hydrogen-bond donors (Lipinski definition) is 1. The summed E-state index contributed by atoms with van der Waals surface area (Å²) >= 11 is 6.00. The lowest BCUT2D eigenvalue weighted by atomic mass is 10.2. The van der Waals surface area contributed by atoms with Crippen LogP contribution < -0.4 is 10.1 Å². The molecule has 0 fully saturated rings. The Balaban J connectivity index is 1.85. The molecule has 11 heteroatoms. The van der Waals surface area contributed by atoms with E-state index in [0.29, 0.717) is 16.5 Å². The van der Waals surface area contributed by atoms with Gasteiger partial charge in [0.05, 0.1) is 16.7 Å². The molecule has 1 unspecified atom stereocenters. The van der Waals surface area contributed by atoms with Gasteiger partial charge in [-0.25, -0.2) is 8.78 Å². The summed E-state index contributed by atoms with van der Waals surface area (Å²) in [7, 11) is 0. The Morgan fingerprint density at radius 2 is 1.91 bits per heavy atom. The van der Waals surface area contributed by atoms with Crippen LogP contribution in [0.15, 0.2) is 42.5 Å². The zero-order valence-electron chi connectivity index (χ0n) is 17.3. The van der Waals surface area contributed by atoms with Gasteiger partial charge in [-0.2, -0.15) is 5.10 Å². The number of nitro benzene ring substituents is 1. The van der Waals surface area contributed by atoms with Crippen molar-refractivity contribution in [2.24, 2.45) is 0 Å². The van der Waals surface area contributed by atoms with Crippen LogP contribution in [0.3, 0.4) is 0 Å². The first-order valence-electron chi connectivity index (χ1n) is 9.43. The summed E-state index contributed by atoms with van der Waals surface area (Å²) < 4.78 is 32.7. The van der Waals surface area contributed by atoms with Gasteiger partial charge in [-0.3, -0.25) is 19.6 Å². The summed E-state index contributed by atoms with van der Waals surface area (Å²) in [5, 5.41) is 18.2. The van der Waals surface area contributed by atoms with Crippen molar-refractivity contribution in [3.05, 3.63) is 74.6 Å². The van der Waals surface area contributed by atoms with Gasteiger partial charge < -0.3 is 10.1 Å². The quantitative estimate of drug-likeness (QED) is 0.342. The molecule has 0 aliphatic carbocycles. The second-order valence-corrected chi connectivity index (χ2v) is 7.51. The number of ether oxygens (including phenoxy) is 1. The number of nitrogens with one attached hydrogen (secondary N) is 1. The standard InChI is InChI=1S/C21H19ClF2N4O4/c1-11-6-16(4-5-18(11)22)32-17-9-14(8-15(10-17)28(30)31)25-21(29)13(3)27-12(2)7-19(26-27)20(23)24/h4-10,13,20H,1-3H3,(H,25,29). The molecule has 8 nitrogen and oxygen atoms in total. The van der Waals surface area contributed by atoms with Crippen molar-refractivity contribution in [2.45, 2.75) is 33.2 Å². The number of hydrogen-bond acceptors (Lipinski definition) is 5. The maximum atomic E-state index is 12.9. The third kappa shape index (κ3) is 5.20. The molecule has 0 saturated heterocycles. The topological polar surface area (TPSA) is 99.3 Å². The van der Waals surface area contributed by atoms with E-state index < -0.39 is 29.0 Å². The van der Waals surface area contributed by atoms with Gasteiger partial charge in [-0.1, -0.05) is 11.6 Å². The second-order valence-electron chi connectivity index (χ2n) is 7.11. The minimum atomic E-state index is -2.77. The Morgan fingerprint density at radius 1 is 1.19 bits per heavy atom. The predicted octanol–water partition coefficient (Wildman–Crippen LogP) is 5.99. The van der Waals surface area contributed by atoms with Gasteiger partial charge in [0, 0.05) is 22.8 Å². The predicted molar refractivity (Wildman–Crippen MR) is 115 cm³/mol. The SMILES string of the molecule is Cc1cc(Oc2cc(NC(=O)C(C)n3nc(C(F)F)cc3C)cc([N+](=O)[O-])c2)ccc1Cl. The highest BCUT2D eigenvalue weighted by molar-refractivity contribution is 6.31. The van der Waals surface area contributed by atoms with E-state index in [1.165, 1.54) is 35.9 Å². The Hall–Kier alpha value is -3.53. The van der Waals surface area contributed by atoms with Crippen LogP contribution in [0.25, 0.3) is 0 Å². The summed E-state index contributed by atoms with van der Waals surface area (Å²) in [4.78, 5) is 23.4. The van der Waals surface area contributed by atoms with Gasteiger partial charge in [0.15, 0.2) is 0 Å². The van der Waals surface area contributed by atoms with Crippen LogP contribution in [-0.4, -0.2) is 20.6 Å². The van der Waals surface area contributed by atoms with Crippen LogP contribution in [0.2, 0.25) is 5.02 Å². The molecule has 0 bridgehead atoms. The van der Waals surface area contributed by atoms with Crippen molar-refractivity contribution in [1.82, 2.24) is 9.78 Å². The lowest BCUT2D eigenvalue weighted by Crippen LogP contribution is -2.25. The highest BCUT2D eigenvalue weighted by Gasteiger charge is 2.22. The smallest absolute Gasteiger partial charge is 0.282 e. The molecule has 1 N–H and O–H groups in total. The number of aromatic nitrogens is 2. The number of anilines is 1. The first-order chi connectivity index (χ1) is 15.0. The summed E-state index contributed by atoms with van der Waals surface area (Å²) in [5.41, 5.74) is 0.507. The minimum absolute atomic E-state index is 0.107. The van der Waals surface area contributed by atoms with Gasteiger partial charge in [0.25, 0.3) is 12.1 Å². The number of aryl methyl sites for hydroxylation is 2. The highest BCUT2D eigenvalue weighted by atomic mass is 35.5. The number of rotatable bonds is 7. The summed E-state index contributed by atoms with van der Waals surface area (Å²) in [6.07, 6.45) is -2.77. The monoisotopic (exact) mass is 464 g/mol. The minimum Gasteiger partial charge on any atom is -0.457 e. The van der Waals surface area contributed by atoms with Gasteiger partial charge >= 0.3 is 0 Å². The normalized spacial score (nSPS) is 12.0. The molecule has 2 aromatic carbocycles. The van der Waals surface area contributed by atoms with Crippen molar-refractivity contribution >= 4 is 28.9 Å². The molecule has 32 heavy (non-hydrogen) atoms. The van der Waals surface area contributed by atoms with Crippen molar-refractivity contribution < 1.29 is 23.2 Å². The lowest BCUT2D eigenvalue weighted by Gasteiger charge is -2.15. The maximum absolute atomic E-state index is 12.9. The fourth-order valence-electron chi connectivity index (χ4n) is 3.01. The third-order valence-electron chi connectivity index (χ3n) is 4.65. The average Bonchev–Trinajstić information content (AvgIpc) is 3.12. The number of carbonyl (C=O) groups excluding carboxylic acids is 1. The molecule has 1 aromatic heterocycles. The van der Waals surface area contributed by atoms with E-state index in [2.05, 4.69) is 10.4 Å². The van der Waals surface area contributed by atoms with Gasteiger partial charge in [-0.05, 0) is 50.6 Å². The van der Waals surface area contributed by atoms with E-state index in [1.807, 2.05) is 0 Å². The number of nitro groups is 1. The fourth-order valence-corrected chi connectivity index (χ4v) is 3.12. The number of halogens is 3.